The number of rotatable bonds is 11. The minimum Gasteiger partial charge on any atom is -0.478 e. The number of amides is 2. The van der Waals surface area contributed by atoms with Gasteiger partial charge in [0.1, 0.15) is 11.5 Å². The zero-order valence-corrected chi connectivity index (χ0v) is 21.0. The summed E-state index contributed by atoms with van der Waals surface area (Å²) in [5, 5.41) is 13.3. The van der Waals surface area contributed by atoms with Crippen LogP contribution >= 0.6 is 11.6 Å². The normalized spacial score (nSPS) is 13.5. The number of carbonyl (C=O) groups excluding carboxylic acids is 2. The Balaban J connectivity index is 2.04. The molecular weight excluding hydrogens is 495 g/mol. The van der Waals surface area contributed by atoms with E-state index in [0.29, 0.717) is 16.8 Å². The zero-order chi connectivity index (χ0) is 26.9. The first-order chi connectivity index (χ1) is 16.9. The first-order valence-corrected chi connectivity index (χ1v) is 11.6. The van der Waals surface area contributed by atoms with E-state index in [1.807, 2.05) is 19.1 Å². The first kappa shape index (κ1) is 28.9. The molecule has 194 valence electrons. The van der Waals surface area contributed by atoms with Gasteiger partial charge in [-0.3, -0.25) is 15.0 Å². The number of alkyl halides is 3. The van der Waals surface area contributed by atoms with Gasteiger partial charge in [-0.15, -0.1) is 0 Å². The van der Waals surface area contributed by atoms with Crippen molar-refractivity contribution in [2.24, 2.45) is 0 Å². The van der Waals surface area contributed by atoms with Crippen molar-refractivity contribution in [1.29, 1.82) is 5.41 Å². The van der Waals surface area contributed by atoms with Crippen LogP contribution in [0.5, 0.6) is 5.75 Å². The van der Waals surface area contributed by atoms with Crippen molar-refractivity contribution in [2.45, 2.75) is 51.9 Å². The number of hydrogen-bond donors (Lipinski definition) is 3. The number of carbonyl (C=O) groups is 2. The fourth-order valence-corrected chi connectivity index (χ4v) is 3.46. The Kier molecular flexibility index (Phi) is 10.1. The molecule has 3 N–H and O–H groups in total. The molecule has 0 spiro atoms. The predicted octanol–water partition coefficient (Wildman–Crippen LogP) is 5.53. The highest BCUT2D eigenvalue weighted by molar-refractivity contribution is 6.44. The summed E-state index contributed by atoms with van der Waals surface area (Å²) in [5.41, 5.74) is -1.96. The predicted molar refractivity (Wildman–Crippen MR) is 133 cm³/mol. The molecule has 2 rings (SSSR count). The second-order valence-electron chi connectivity index (χ2n) is 8.39. The summed E-state index contributed by atoms with van der Waals surface area (Å²) in [5.74, 6) is -1.07. The van der Waals surface area contributed by atoms with Gasteiger partial charge in [0, 0.05) is 18.1 Å². The van der Waals surface area contributed by atoms with E-state index in [1.54, 1.807) is 43.3 Å². The molecule has 36 heavy (non-hydrogen) atoms. The largest absolute Gasteiger partial charge is 0.478 e. The van der Waals surface area contributed by atoms with E-state index >= 15 is 0 Å². The lowest BCUT2D eigenvalue weighted by Gasteiger charge is -2.30. The number of allylic oxidation sites excluding steroid dienone is 1. The average molecular weight is 524 g/mol. The van der Waals surface area contributed by atoms with Crippen molar-refractivity contribution in [1.82, 2.24) is 10.6 Å². The maximum Gasteiger partial charge on any atom is 0.418 e. The Hall–Kier alpha value is -3.33. The minimum absolute atomic E-state index is 0.0482. The molecule has 1 unspecified atom stereocenters. The number of benzene rings is 2. The summed E-state index contributed by atoms with van der Waals surface area (Å²) < 4.78 is 44.9. The van der Waals surface area contributed by atoms with E-state index in [1.165, 1.54) is 0 Å². The third-order valence-electron chi connectivity index (χ3n) is 5.42. The summed E-state index contributed by atoms with van der Waals surface area (Å²) in [4.78, 5) is 25.2. The molecule has 0 saturated heterocycles. The summed E-state index contributed by atoms with van der Waals surface area (Å²) in [6.07, 6.45) is -3.76. The molecule has 0 aromatic heterocycles. The van der Waals surface area contributed by atoms with Gasteiger partial charge >= 0.3 is 6.18 Å². The fourth-order valence-electron chi connectivity index (χ4n) is 3.34. The van der Waals surface area contributed by atoms with Gasteiger partial charge in [0.15, 0.2) is 5.60 Å². The molecule has 0 aliphatic heterocycles. The molecule has 0 heterocycles. The van der Waals surface area contributed by atoms with Crippen molar-refractivity contribution in [3.8, 4) is 5.75 Å². The molecule has 2 aromatic rings. The molecule has 6 nitrogen and oxygen atoms in total. The average Bonchev–Trinajstić information content (AvgIpc) is 2.82. The van der Waals surface area contributed by atoms with E-state index < -0.39 is 34.9 Å². The molecule has 0 radical (unpaired) electrons. The van der Waals surface area contributed by atoms with Gasteiger partial charge in [0.25, 0.3) is 11.8 Å². The molecule has 10 heteroatoms. The molecule has 2 aromatic carbocycles. The van der Waals surface area contributed by atoms with Crippen LogP contribution in [0.2, 0.25) is 5.02 Å². The summed E-state index contributed by atoms with van der Waals surface area (Å²) in [6, 6.07) is 14.1. The van der Waals surface area contributed by atoms with Crippen LogP contribution in [0.4, 0.5) is 13.2 Å². The number of aryl methyl sites for hydroxylation is 1. The lowest BCUT2D eigenvalue weighted by Crippen LogP contribution is -2.49. The van der Waals surface area contributed by atoms with Gasteiger partial charge in [0.05, 0.1) is 5.57 Å². The summed E-state index contributed by atoms with van der Waals surface area (Å²) in [7, 11) is 0. The second kappa shape index (κ2) is 12.6. The first-order valence-electron chi connectivity index (χ1n) is 11.2. The van der Waals surface area contributed by atoms with Crippen LogP contribution in [0.1, 0.15) is 37.8 Å². The van der Waals surface area contributed by atoms with Crippen molar-refractivity contribution < 1.29 is 27.5 Å². The lowest BCUT2D eigenvalue weighted by molar-refractivity contribution is -0.136. The summed E-state index contributed by atoms with van der Waals surface area (Å²) in [6.45, 7) is 4.82. The molecule has 2 amide bonds. The van der Waals surface area contributed by atoms with Gasteiger partial charge in [-0.05, 0) is 63.4 Å². The standard InChI is InChI=1S/C26H29ClF3N3O3/c1-4-21(26(28,29)30)22(31)23(34)32-15-5-14-25(3,36-20-12-6-17(2)7-13-20)24(35)33-16-18-8-10-19(27)11-9-18/h4,6-13,31H,5,14-16H2,1-3H3,(H,32,34)(H,33,35)/b21-4+,31-22?. The Morgan fingerprint density at radius 1 is 1.06 bits per heavy atom. The van der Waals surface area contributed by atoms with Gasteiger partial charge in [-0.1, -0.05) is 47.5 Å². The molecule has 0 aliphatic rings. The Labute approximate surface area is 213 Å². The monoisotopic (exact) mass is 523 g/mol. The van der Waals surface area contributed by atoms with Gasteiger partial charge in [-0.25, -0.2) is 0 Å². The van der Waals surface area contributed by atoms with E-state index in [9.17, 15) is 22.8 Å². The van der Waals surface area contributed by atoms with Crippen LogP contribution in [0.25, 0.3) is 0 Å². The Morgan fingerprint density at radius 2 is 1.67 bits per heavy atom. The van der Waals surface area contributed by atoms with Crippen LogP contribution in [-0.4, -0.2) is 35.8 Å². The number of hydrogen-bond acceptors (Lipinski definition) is 4. The molecule has 0 bridgehead atoms. The molecule has 0 saturated carbocycles. The van der Waals surface area contributed by atoms with Crippen molar-refractivity contribution in [3.63, 3.8) is 0 Å². The van der Waals surface area contributed by atoms with Gasteiger partial charge in [0.2, 0.25) is 0 Å². The SMILES string of the molecule is C/C=C(\C(=N)C(=O)NCCCC(C)(Oc1ccc(C)cc1)C(=O)NCc1ccc(Cl)cc1)C(F)(F)F. The third kappa shape index (κ3) is 8.41. The van der Waals surface area contributed by atoms with Crippen molar-refractivity contribution in [2.75, 3.05) is 6.54 Å². The number of halogens is 4. The van der Waals surface area contributed by atoms with Crippen LogP contribution in [0.15, 0.2) is 60.2 Å². The highest BCUT2D eigenvalue weighted by atomic mass is 35.5. The van der Waals surface area contributed by atoms with Crippen LogP contribution in [-0.2, 0) is 16.1 Å². The topological polar surface area (TPSA) is 91.3 Å². The summed E-state index contributed by atoms with van der Waals surface area (Å²) >= 11 is 5.90. The van der Waals surface area contributed by atoms with E-state index in [0.717, 1.165) is 18.1 Å². The van der Waals surface area contributed by atoms with Gasteiger partial charge < -0.3 is 15.4 Å². The quantitative estimate of drug-likeness (QED) is 0.267. The highest BCUT2D eigenvalue weighted by Gasteiger charge is 2.38. The maximum atomic E-state index is 13.1. The second-order valence-corrected chi connectivity index (χ2v) is 8.83. The smallest absolute Gasteiger partial charge is 0.418 e. The molecule has 1 atom stereocenters. The minimum atomic E-state index is -4.80. The fraction of sp³-hybridized carbons (Fsp3) is 0.346. The van der Waals surface area contributed by atoms with Crippen LogP contribution in [0.3, 0.4) is 0 Å². The van der Waals surface area contributed by atoms with E-state index in [4.69, 9.17) is 21.7 Å². The zero-order valence-electron chi connectivity index (χ0n) is 20.3. The van der Waals surface area contributed by atoms with Crippen LogP contribution < -0.4 is 15.4 Å². The molecule has 0 aliphatic carbocycles. The van der Waals surface area contributed by atoms with Gasteiger partial charge in [-0.2, -0.15) is 13.2 Å². The molecular formula is C26H29ClF3N3O3. The Bertz CT molecular complexity index is 1100. The third-order valence-corrected chi connectivity index (χ3v) is 5.67. The maximum absolute atomic E-state index is 13.1. The highest BCUT2D eigenvalue weighted by Crippen LogP contribution is 2.27. The van der Waals surface area contributed by atoms with Crippen molar-refractivity contribution >= 4 is 29.1 Å². The number of ether oxygens (including phenoxy) is 1. The van der Waals surface area contributed by atoms with Crippen molar-refractivity contribution in [3.05, 3.63) is 76.3 Å². The Morgan fingerprint density at radius 3 is 2.22 bits per heavy atom. The lowest BCUT2D eigenvalue weighted by atomic mass is 9.98. The van der Waals surface area contributed by atoms with E-state index in [-0.39, 0.29) is 25.9 Å². The van der Waals surface area contributed by atoms with Crippen LogP contribution in [0, 0.1) is 12.3 Å². The molecule has 0 fully saturated rings. The number of nitrogens with one attached hydrogen (secondary N) is 3. The van der Waals surface area contributed by atoms with E-state index in [2.05, 4.69) is 10.6 Å².